The molecule has 5 nitrogen and oxygen atoms in total. The Kier molecular flexibility index (Phi) is 4.60. The van der Waals surface area contributed by atoms with E-state index >= 15 is 0 Å². The highest BCUT2D eigenvalue weighted by atomic mass is 19.4. The number of hydrogen-bond donors (Lipinski definition) is 0. The van der Waals surface area contributed by atoms with Crippen molar-refractivity contribution in [3.05, 3.63) is 59.9 Å². The molecule has 3 rings (SSSR count). The van der Waals surface area contributed by atoms with Crippen molar-refractivity contribution in [3.63, 3.8) is 0 Å². The van der Waals surface area contributed by atoms with Crippen LogP contribution in [-0.2, 0) is 12.8 Å². The molecule has 0 aliphatic heterocycles. The largest absolute Gasteiger partial charge is 0.497 e. The molecule has 0 unspecified atom stereocenters. The minimum Gasteiger partial charge on any atom is -0.497 e. The summed E-state index contributed by atoms with van der Waals surface area (Å²) in [6.07, 6.45) is -4.50. The van der Waals surface area contributed by atoms with Crippen molar-refractivity contribution in [2.75, 3.05) is 7.11 Å². The van der Waals surface area contributed by atoms with E-state index in [-0.39, 0.29) is 24.1 Å². The molecular formula is C17H13F3N2O3. The van der Waals surface area contributed by atoms with E-state index in [0.717, 1.165) is 6.07 Å². The molecule has 0 saturated carbocycles. The first-order valence-electron chi connectivity index (χ1n) is 7.23. The molecule has 1 heterocycles. The number of benzene rings is 2. The highest BCUT2D eigenvalue weighted by Crippen LogP contribution is 2.36. The molecule has 130 valence electrons. The maximum absolute atomic E-state index is 12.9. The van der Waals surface area contributed by atoms with Gasteiger partial charge in [0.2, 0.25) is 5.82 Å². The highest BCUT2D eigenvalue weighted by Gasteiger charge is 2.34. The topological polar surface area (TPSA) is 57.4 Å². The summed E-state index contributed by atoms with van der Waals surface area (Å²) in [5.74, 6) is 0.773. The van der Waals surface area contributed by atoms with Gasteiger partial charge in [-0.1, -0.05) is 17.3 Å². The fraction of sp³-hybridized carbons (Fsp3) is 0.176. The van der Waals surface area contributed by atoms with Gasteiger partial charge in [0.05, 0.1) is 12.7 Å². The maximum atomic E-state index is 12.9. The van der Waals surface area contributed by atoms with Crippen LogP contribution < -0.4 is 9.47 Å². The Labute approximate surface area is 141 Å². The summed E-state index contributed by atoms with van der Waals surface area (Å²) in [5, 5.41) is 3.72. The Morgan fingerprint density at radius 2 is 1.76 bits per heavy atom. The SMILES string of the molecule is COc1ccc(-c2nc(COc3ccccc3C(F)(F)F)no2)cc1. The van der Waals surface area contributed by atoms with E-state index in [9.17, 15) is 13.2 Å². The summed E-state index contributed by atoms with van der Waals surface area (Å²) in [7, 11) is 1.55. The molecule has 0 amide bonds. The van der Waals surface area contributed by atoms with Gasteiger partial charge in [0.15, 0.2) is 6.61 Å². The molecule has 3 aromatic rings. The molecule has 8 heteroatoms. The molecule has 0 spiro atoms. The fourth-order valence-corrected chi connectivity index (χ4v) is 2.13. The normalized spacial score (nSPS) is 11.4. The van der Waals surface area contributed by atoms with E-state index in [0.29, 0.717) is 11.3 Å². The van der Waals surface area contributed by atoms with Gasteiger partial charge in [0.25, 0.3) is 5.89 Å². The predicted octanol–water partition coefficient (Wildman–Crippen LogP) is 4.34. The smallest absolute Gasteiger partial charge is 0.419 e. The van der Waals surface area contributed by atoms with E-state index < -0.39 is 11.7 Å². The standard InChI is InChI=1S/C17H13F3N2O3/c1-23-12-8-6-11(7-9-12)16-21-15(22-25-16)10-24-14-5-3-2-4-13(14)17(18,19)20/h2-9H,10H2,1H3. The van der Waals surface area contributed by atoms with Crippen molar-refractivity contribution in [1.82, 2.24) is 10.1 Å². The predicted molar refractivity (Wildman–Crippen MR) is 82.1 cm³/mol. The van der Waals surface area contributed by atoms with E-state index in [1.54, 1.807) is 31.4 Å². The third kappa shape index (κ3) is 3.90. The number of rotatable bonds is 5. The van der Waals surface area contributed by atoms with Gasteiger partial charge >= 0.3 is 6.18 Å². The Hall–Kier alpha value is -3.03. The molecule has 0 saturated heterocycles. The number of hydrogen-bond acceptors (Lipinski definition) is 5. The lowest BCUT2D eigenvalue weighted by molar-refractivity contribution is -0.139. The van der Waals surface area contributed by atoms with Crippen LogP contribution in [0.15, 0.2) is 53.1 Å². The zero-order valence-corrected chi connectivity index (χ0v) is 13.1. The van der Waals surface area contributed by atoms with Crippen LogP contribution in [0.1, 0.15) is 11.4 Å². The van der Waals surface area contributed by atoms with Crippen LogP contribution in [0.5, 0.6) is 11.5 Å². The van der Waals surface area contributed by atoms with Gasteiger partial charge < -0.3 is 14.0 Å². The van der Waals surface area contributed by atoms with Gasteiger partial charge in [0.1, 0.15) is 11.5 Å². The average molecular weight is 350 g/mol. The molecule has 0 atom stereocenters. The van der Waals surface area contributed by atoms with Crippen LogP contribution in [0.25, 0.3) is 11.5 Å². The summed E-state index contributed by atoms with van der Waals surface area (Å²) < 4.78 is 54.1. The molecule has 0 aliphatic rings. The maximum Gasteiger partial charge on any atom is 0.419 e. The van der Waals surface area contributed by atoms with Crippen LogP contribution in [-0.4, -0.2) is 17.3 Å². The van der Waals surface area contributed by atoms with Crippen molar-refractivity contribution >= 4 is 0 Å². The second-order valence-electron chi connectivity index (χ2n) is 5.03. The Balaban J connectivity index is 1.72. The van der Waals surface area contributed by atoms with Crippen molar-refractivity contribution in [2.24, 2.45) is 0 Å². The number of alkyl halides is 3. The summed E-state index contributed by atoms with van der Waals surface area (Å²) in [6, 6.07) is 11.9. The number of methoxy groups -OCH3 is 1. The third-order valence-corrected chi connectivity index (χ3v) is 3.35. The van der Waals surface area contributed by atoms with Crippen LogP contribution in [0.3, 0.4) is 0 Å². The van der Waals surface area contributed by atoms with E-state index in [1.165, 1.54) is 18.2 Å². The lowest BCUT2D eigenvalue weighted by atomic mass is 10.2. The van der Waals surface area contributed by atoms with E-state index in [4.69, 9.17) is 14.0 Å². The molecular weight excluding hydrogens is 337 g/mol. The summed E-state index contributed by atoms with van der Waals surface area (Å²) >= 11 is 0. The lowest BCUT2D eigenvalue weighted by Crippen LogP contribution is -2.09. The van der Waals surface area contributed by atoms with Crippen LogP contribution in [0.2, 0.25) is 0 Å². The van der Waals surface area contributed by atoms with Crippen LogP contribution >= 0.6 is 0 Å². The van der Waals surface area contributed by atoms with E-state index in [2.05, 4.69) is 10.1 Å². The summed E-state index contributed by atoms with van der Waals surface area (Å²) in [6.45, 7) is -0.243. The molecule has 0 aliphatic carbocycles. The summed E-state index contributed by atoms with van der Waals surface area (Å²) in [4.78, 5) is 4.12. The van der Waals surface area contributed by atoms with Gasteiger partial charge in [-0.25, -0.2) is 0 Å². The molecule has 0 radical (unpaired) electrons. The number of nitrogens with zero attached hydrogens (tertiary/aromatic N) is 2. The van der Waals surface area contributed by atoms with Crippen molar-refractivity contribution in [1.29, 1.82) is 0 Å². The van der Waals surface area contributed by atoms with E-state index in [1.807, 2.05) is 0 Å². The third-order valence-electron chi connectivity index (χ3n) is 3.35. The monoisotopic (exact) mass is 350 g/mol. The second kappa shape index (κ2) is 6.84. The Morgan fingerprint density at radius 3 is 2.44 bits per heavy atom. The fourth-order valence-electron chi connectivity index (χ4n) is 2.13. The number of para-hydroxylation sites is 1. The minimum atomic E-state index is -4.50. The first-order valence-corrected chi connectivity index (χ1v) is 7.23. The van der Waals surface area contributed by atoms with Crippen LogP contribution in [0.4, 0.5) is 13.2 Å². The first-order chi connectivity index (χ1) is 12.0. The quantitative estimate of drug-likeness (QED) is 0.685. The highest BCUT2D eigenvalue weighted by molar-refractivity contribution is 5.54. The van der Waals surface area contributed by atoms with Gasteiger partial charge in [-0.3, -0.25) is 0 Å². The van der Waals surface area contributed by atoms with Crippen molar-refractivity contribution in [2.45, 2.75) is 12.8 Å². The van der Waals surface area contributed by atoms with Gasteiger partial charge in [-0.2, -0.15) is 18.2 Å². The molecule has 2 aromatic carbocycles. The number of ether oxygens (including phenoxy) is 2. The molecule has 1 aromatic heterocycles. The van der Waals surface area contributed by atoms with Crippen molar-refractivity contribution < 1.29 is 27.2 Å². The lowest BCUT2D eigenvalue weighted by Gasteiger charge is -2.12. The molecule has 0 fully saturated rings. The number of halogens is 3. The van der Waals surface area contributed by atoms with Gasteiger partial charge in [-0.15, -0.1) is 0 Å². The minimum absolute atomic E-state index is 0.141. The average Bonchev–Trinajstić information content (AvgIpc) is 3.08. The van der Waals surface area contributed by atoms with Crippen molar-refractivity contribution in [3.8, 4) is 23.0 Å². The molecule has 0 bridgehead atoms. The Bertz CT molecular complexity index is 845. The zero-order valence-electron chi connectivity index (χ0n) is 13.1. The molecule has 25 heavy (non-hydrogen) atoms. The summed E-state index contributed by atoms with van der Waals surface area (Å²) in [5.41, 5.74) is -0.191. The Morgan fingerprint density at radius 1 is 1.04 bits per heavy atom. The van der Waals surface area contributed by atoms with Crippen LogP contribution in [0, 0.1) is 0 Å². The van der Waals surface area contributed by atoms with Gasteiger partial charge in [-0.05, 0) is 36.4 Å². The second-order valence-corrected chi connectivity index (χ2v) is 5.03. The van der Waals surface area contributed by atoms with Gasteiger partial charge in [0, 0.05) is 5.56 Å². The zero-order chi connectivity index (χ0) is 17.9. The molecule has 0 N–H and O–H groups in total. The first kappa shape index (κ1) is 16.8. The number of aromatic nitrogens is 2.